The number of phenols is 1. The summed E-state index contributed by atoms with van der Waals surface area (Å²) in [5.74, 6) is 4.34. The Morgan fingerprint density at radius 3 is 2.36 bits per heavy atom. The van der Waals surface area contributed by atoms with Crippen molar-refractivity contribution >= 4 is 38.0 Å². The van der Waals surface area contributed by atoms with Gasteiger partial charge >= 0.3 is 6.18 Å². The number of fused-ring (bicyclic) bond motifs is 1. The lowest BCUT2D eigenvalue weighted by Crippen LogP contribution is -2.36. The smallest absolute Gasteiger partial charge is 0.406 e. The van der Waals surface area contributed by atoms with Crippen molar-refractivity contribution in [1.29, 1.82) is 0 Å². The van der Waals surface area contributed by atoms with E-state index >= 15 is 0 Å². The van der Waals surface area contributed by atoms with Crippen LogP contribution in [0.5, 0.6) is 5.75 Å². The van der Waals surface area contributed by atoms with Crippen molar-refractivity contribution in [3.8, 4) is 17.6 Å². The minimum atomic E-state index is -4.50. The van der Waals surface area contributed by atoms with E-state index in [1.54, 1.807) is 32.0 Å². The van der Waals surface area contributed by atoms with Crippen LogP contribution in [-0.2, 0) is 21.2 Å². The summed E-state index contributed by atoms with van der Waals surface area (Å²) in [6.07, 6.45) is 0.471. The maximum Gasteiger partial charge on any atom is 0.406 e. The van der Waals surface area contributed by atoms with Gasteiger partial charge in [-0.05, 0) is 76.0 Å². The highest BCUT2D eigenvalue weighted by molar-refractivity contribution is 7.90. The quantitative estimate of drug-likeness (QED) is 0.313. The van der Waals surface area contributed by atoms with Crippen molar-refractivity contribution in [1.82, 2.24) is 9.47 Å². The molecule has 4 rings (SSSR count). The molecule has 0 spiro atoms. The molecule has 0 aliphatic heterocycles. The first-order chi connectivity index (χ1) is 20.5. The van der Waals surface area contributed by atoms with E-state index in [1.807, 2.05) is 6.07 Å². The fourth-order valence-corrected chi connectivity index (χ4v) is 6.23. The van der Waals surface area contributed by atoms with Gasteiger partial charge < -0.3 is 19.9 Å². The number of carbonyl (C=O) groups excluding carboxylic acids is 1. The Kier molecular flexibility index (Phi) is 9.90. The van der Waals surface area contributed by atoms with Crippen molar-refractivity contribution in [2.24, 2.45) is 5.92 Å². The first-order valence-electron chi connectivity index (χ1n) is 14.5. The molecular formula is C32H39F3N4O4S. The molecule has 0 atom stereocenters. The lowest BCUT2D eigenvalue weighted by atomic mass is 9.90. The van der Waals surface area contributed by atoms with Crippen LogP contribution in [0.25, 0.3) is 10.9 Å². The number of phenolic OH excluding ortho intramolecular Hbond substituents is 1. The first-order valence-corrected chi connectivity index (χ1v) is 16.4. The number of nitrogens with zero attached hydrogens (tertiary/aromatic N) is 3. The third-order valence-corrected chi connectivity index (χ3v) is 9.06. The van der Waals surface area contributed by atoms with E-state index in [1.165, 1.54) is 17.0 Å². The zero-order valence-corrected chi connectivity index (χ0v) is 26.4. The van der Waals surface area contributed by atoms with Gasteiger partial charge in [0.05, 0.1) is 28.3 Å². The van der Waals surface area contributed by atoms with Crippen LogP contribution >= 0.6 is 0 Å². The van der Waals surface area contributed by atoms with Crippen LogP contribution in [0.4, 0.5) is 24.5 Å². The lowest BCUT2D eigenvalue weighted by molar-refractivity contribution is -0.140. The molecule has 1 aliphatic rings. The highest BCUT2D eigenvalue weighted by Crippen LogP contribution is 2.33. The molecular weight excluding hydrogens is 593 g/mol. The third-order valence-electron chi connectivity index (χ3n) is 7.95. The minimum Gasteiger partial charge on any atom is -0.506 e. The summed E-state index contributed by atoms with van der Waals surface area (Å²) in [7, 11) is 0.537. The number of benzene rings is 2. The Bertz CT molecular complexity index is 1680. The van der Waals surface area contributed by atoms with E-state index in [4.69, 9.17) is 0 Å². The maximum absolute atomic E-state index is 13.7. The van der Waals surface area contributed by atoms with E-state index in [0.29, 0.717) is 16.9 Å². The fourth-order valence-electron chi connectivity index (χ4n) is 5.58. The molecule has 0 radical (unpaired) electrons. The maximum atomic E-state index is 13.7. The number of hydrogen-bond acceptors (Lipinski definition) is 6. The van der Waals surface area contributed by atoms with E-state index in [0.717, 1.165) is 48.3 Å². The van der Waals surface area contributed by atoms with E-state index in [9.17, 15) is 31.5 Å². The molecule has 1 aromatic heterocycles. The summed E-state index contributed by atoms with van der Waals surface area (Å²) in [6.45, 7) is 1.84. The van der Waals surface area contributed by atoms with Crippen LogP contribution in [0.1, 0.15) is 45.2 Å². The van der Waals surface area contributed by atoms with Crippen molar-refractivity contribution < 1.29 is 31.5 Å². The summed E-state index contributed by atoms with van der Waals surface area (Å²) in [5, 5.41) is 14.8. The predicted molar refractivity (Wildman–Crippen MR) is 167 cm³/mol. The molecule has 0 saturated heterocycles. The lowest BCUT2D eigenvalue weighted by Gasteiger charge is -2.33. The molecule has 1 aliphatic carbocycles. The van der Waals surface area contributed by atoms with Crippen LogP contribution in [-0.4, -0.2) is 74.1 Å². The molecule has 12 heteroatoms. The highest BCUT2D eigenvalue weighted by atomic mass is 32.2. The molecule has 8 nitrogen and oxygen atoms in total. The largest absolute Gasteiger partial charge is 0.506 e. The number of alkyl halides is 3. The number of sulfone groups is 1. The van der Waals surface area contributed by atoms with Gasteiger partial charge in [0.15, 0.2) is 9.84 Å². The van der Waals surface area contributed by atoms with Crippen molar-refractivity contribution in [2.75, 3.05) is 37.1 Å². The summed E-state index contributed by atoms with van der Waals surface area (Å²) in [5.41, 5.74) is 1.32. The minimum absolute atomic E-state index is 0.0525. The first kappa shape index (κ1) is 33.2. The third kappa shape index (κ3) is 7.87. The number of amides is 1. The number of rotatable bonds is 8. The fraction of sp³-hybridized carbons (Fsp3) is 0.469. The second-order valence-electron chi connectivity index (χ2n) is 11.9. The summed E-state index contributed by atoms with van der Waals surface area (Å²) < 4.78 is 66.1. The van der Waals surface area contributed by atoms with Crippen molar-refractivity contribution in [3.05, 3.63) is 48.2 Å². The van der Waals surface area contributed by atoms with E-state index < -0.39 is 40.1 Å². The van der Waals surface area contributed by atoms with Gasteiger partial charge in [-0.3, -0.25) is 9.69 Å². The molecule has 44 heavy (non-hydrogen) atoms. The van der Waals surface area contributed by atoms with Crippen LogP contribution in [0, 0.1) is 17.8 Å². The Labute approximate surface area is 256 Å². The topological polar surface area (TPSA) is 94.9 Å². The number of hydrogen-bond donors (Lipinski definition) is 2. The number of carbonyl (C=O) groups is 1. The normalized spacial score (nSPS) is 17.5. The number of aromatic hydroxyl groups is 1. The predicted octanol–water partition coefficient (Wildman–Crippen LogP) is 5.64. The molecule has 1 amide bonds. The average molecular weight is 633 g/mol. The summed E-state index contributed by atoms with van der Waals surface area (Å²) >= 11 is 0. The van der Waals surface area contributed by atoms with Gasteiger partial charge in [-0.15, -0.1) is 0 Å². The van der Waals surface area contributed by atoms with E-state index in [2.05, 4.69) is 36.2 Å². The van der Waals surface area contributed by atoms with Crippen LogP contribution in [0.3, 0.4) is 0 Å². The van der Waals surface area contributed by atoms with Gasteiger partial charge in [0.25, 0.3) is 0 Å². The monoisotopic (exact) mass is 632 g/mol. The molecule has 0 bridgehead atoms. The summed E-state index contributed by atoms with van der Waals surface area (Å²) in [6, 6.07) is 11.2. The van der Waals surface area contributed by atoms with Crippen molar-refractivity contribution in [2.45, 2.75) is 69.2 Å². The number of nitrogens with one attached hydrogen (secondary N) is 1. The Morgan fingerprint density at radius 2 is 1.80 bits per heavy atom. The molecule has 0 unspecified atom stereocenters. The molecule has 3 aromatic rings. The summed E-state index contributed by atoms with van der Waals surface area (Å²) in [4.78, 5) is 16.4. The molecule has 2 N–H and O–H groups in total. The SMILES string of the molecule is CC(C)C(=O)N(CC#Cc1cc2c(NC3CCC(N(C)C)CC3)cccc2n1CC(F)(F)F)c1ccc(S(C)(=O)=O)cc1O. The standard InChI is InChI=1S/C32H39F3N4O4S/c1-21(2)31(41)38(29-16-15-25(19-30(29)40)44(5,42)43)17-7-8-24-18-26-27(36-22-11-13-23(14-12-22)37(3)4)9-6-10-28(26)39(24)20-32(33,34)35/h6,9-10,15-16,18-19,21-23,36,40H,11-14,17,20H2,1-5H3. The second-order valence-corrected chi connectivity index (χ2v) is 13.9. The average Bonchev–Trinajstić information content (AvgIpc) is 3.27. The number of anilines is 2. The zero-order valence-electron chi connectivity index (χ0n) is 25.6. The Morgan fingerprint density at radius 1 is 1.11 bits per heavy atom. The molecule has 1 fully saturated rings. The van der Waals surface area contributed by atoms with E-state index in [-0.39, 0.29) is 28.9 Å². The Balaban J connectivity index is 1.68. The molecule has 1 saturated carbocycles. The zero-order chi connectivity index (χ0) is 32.4. The van der Waals surface area contributed by atoms with Gasteiger partial charge in [0, 0.05) is 41.4 Å². The van der Waals surface area contributed by atoms with Gasteiger partial charge in [-0.1, -0.05) is 25.8 Å². The van der Waals surface area contributed by atoms with Crippen LogP contribution < -0.4 is 10.2 Å². The Hall–Kier alpha value is -3.69. The van der Waals surface area contributed by atoms with Gasteiger partial charge in [0.2, 0.25) is 5.91 Å². The number of halogens is 3. The van der Waals surface area contributed by atoms with Crippen molar-refractivity contribution in [3.63, 3.8) is 0 Å². The van der Waals surface area contributed by atoms with Crippen LogP contribution in [0.15, 0.2) is 47.4 Å². The van der Waals surface area contributed by atoms with Gasteiger partial charge in [-0.2, -0.15) is 13.2 Å². The highest BCUT2D eigenvalue weighted by Gasteiger charge is 2.30. The van der Waals surface area contributed by atoms with Gasteiger partial charge in [0.1, 0.15) is 12.3 Å². The molecule has 238 valence electrons. The van der Waals surface area contributed by atoms with Crippen LogP contribution in [0.2, 0.25) is 0 Å². The van der Waals surface area contributed by atoms with Gasteiger partial charge in [-0.25, -0.2) is 8.42 Å². The number of aromatic nitrogens is 1. The second kappa shape index (κ2) is 13.1. The molecule has 2 aromatic carbocycles. The molecule has 1 heterocycles.